The van der Waals surface area contributed by atoms with Crippen molar-refractivity contribution >= 4 is 27.7 Å². The van der Waals surface area contributed by atoms with Gasteiger partial charge in [0.15, 0.2) is 0 Å². The molecule has 1 unspecified atom stereocenters. The maximum atomic E-state index is 11.5. The second-order valence-corrected chi connectivity index (χ2v) is 5.16. The number of nitrogens with zero attached hydrogens (tertiary/aromatic N) is 1. The molecule has 86 valence electrons. The molecule has 1 rings (SSSR count). The number of carbonyl (C=O) groups is 2. The van der Waals surface area contributed by atoms with Crippen molar-refractivity contribution in [3.05, 3.63) is 0 Å². The molecule has 1 aliphatic rings. The molecular formula is C10H17BrN2O2. The van der Waals surface area contributed by atoms with Crippen molar-refractivity contribution in [1.29, 1.82) is 0 Å². The van der Waals surface area contributed by atoms with E-state index in [0.29, 0.717) is 13.0 Å². The second-order valence-electron chi connectivity index (χ2n) is 4.05. The smallest absolute Gasteiger partial charge is 0.236 e. The molecule has 0 radical (unpaired) electrons. The van der Waals surface area contributed by atoms with Gasteiger partial charge in [0.2, 0.25) is 11.8 Å². The fourth-order valence-corrected chi connectivity index (χ4v) is 2.05. The molecule has 1 heterocycles. The Balaban J connectivity index is 2.26. The van der Waals surface area contributed by atoms with E-state index in [2.05, 4.69) is 21.2 Å². The van der Waals surface area contributed by atoms with Gasteiger partial charge in [0.25, 0.3) is 0 Å². The van der Waals surface area contributed by atoms with Crippen LogP contribution < -0.4 is 5.32 Å². The Morgan fingerprint density at radius 2 is 2.33 bits per heavy atom. The van der Waals surface area contributed by atoms with Crippen LogP contribution in [-0.2, 0) is 9.59 Å². The van der Waals surface area contributed by atoms with Crippen LogP contribution >= 0.6 is 15.9 Å². The highest BCUT2D eigenvalue weighted by molar-refractivity contribution is 9.10. The van der Waals surface area contributed by atoms with Crippen LogP contribution in [0.3, 0.4) is 0 Å². The summed E-state index contributed by atoms with van der Waals surface area (Å²) in [5.41, 5.74) is 0. The SMILES string of the molecule is CC(C)NC(=O)CCN1CCC(Br)C1=O. The zero-order valence-corrected chi connectivity index (χ0v) is 10.7. The number of nitrogens with one attached hydrogen (secondary N) is 1. The summed E-state index contributed by atoms with van der Waals surface area (Å²) in [5, 5.41) is 2.80. The summed E-state index contributed by atoms with van der Waals surface area (Å²) in [5.74, 6) is 0.114. The lowest BCUT2D eigenvalue weighted by atomic mass is 10.3. The van der Waals surface area contributed by atoms with E-state index < -0.39 is 0 Å². The van der Waals surface area contributed by atoms with E-state index in [-0.39, 0.29) is 22.7 Å². The summed E-state index contributed by atoms with van der Waals surface area (Å²) in [6.45, 7) is 5.13. The zero-order valence-electron chi connectivity index (χ0n) is 9.12. The molecule has 0 aromatic carbocycles. The summed E-state index contributed by atoms with van der Waals surface area (Å²) < 4.78 is 0. The van der Waals surface area contributed by atoms with Crippen LogP contribution in [0, 0.1) is 0 Å². The van der Waals surface area contributed by atoms with E-state index in [0.717, 1.165) is 13.0 Å². The van der Waals surface area contributed by atoms with E-state index in [1.165, 1.54) is 0 Å². The first-order chi connectivity index (χ1) is 7.00. The first-order valence-corrected chi connectivity index (χ1v) is 6.14. The van der Waals surface area contributed by atoms with Crippen molar-refractivity contribution in [2.75, 3.05) is 13.1 Å². The summed E-state index contributed by atoms with van der Waals surface area (Å²) in [6, 6.07) is 0.163. The lowest BCUT2D eigenvalue weighted by molar-refractivity contribution is -0.128. The van der Waals surface area contributed by atoms with Gasteiger partial charge in [-0.3, -0.25) is 9.59 Å². The molecule has 0 aliphatic carbocycles. The van der Waals surface area contributed by atoms with Gasteiger partial charge in [-0.05, 0) is 20.3 Å². The van der Waals surface area contributed by atoms with Gasteiger partial charge < -0.3 is 10.2 Å². The topological polar surface area (TPSA) is 49.4 Å². The molecule has 0 spiro atoms. The molecule has 1 fully saturated rings. The Labute approximate surface area is 98.5 Å². The van der Waals surface area contributed by atoms with E-state index in [9.17, 15) is 9.59 Å². The largest absolute Gasteiger partial charge is 0.354 e. The number of likely N-dealkylation sites (tertiary alicyclic amines) is 1. The lowest BCUT2D eigenvalue weighted by Gasteiger charge is -2.16. The van der Waals surface area contributed by atoms with Crippen molar-refractivity contribution in [2.24, 2.45) is 0 Å². The van der Waals surface area contributed by atoms with Crippen LogP contribution in [0.2, 0.25) is 0 Å². The lowest BCUT2D eigenvalue weighted by Crippen LogP contribution is -2.35. The van der Waals surface area contributed by atoms with Crippen molar-refractivity contribution < 1.29 is 9.59 Å². The van der Waals surface area contributed by atoms with Crippen molar-refractivity contribution in [3.63, 3.8) is 0 Å². The number of hydrogen-bond acceptors (Lipinski definition) is 2. The molecule has 0 saturated carbocycles. The monoisotopic (exact) mass is 276 g/mol. The number of carbonyl (C=O) groups excluding carboxylic acids is 2. The maximum Gasteiger partial charge on any atom is 0.236 e. The zero-order chi connectivity index (χ0) is 11.4. The Morgan fingerprint density at radius 3 is 2.80 bits per heavy atom. The minimum atomic E-state index is -0.0503. The molecule has 0 aromatic rings. The molecule has 4 nitrogen and oxygen atoms in total. The summed E-state index contributed by atoms with van der Waals surface area (Å²) in [6.07, 6.45) is 1.23. The molecule has 1 aliphatic heterocycles. The maximum absolute atomic E-state index is 11.5. The normalized spacial score (nSPS) is 21.2. The van der Waals surface area contributed by atoms with Crippen LogP contribution in [0.15, 0.2) is 0 Å². The average molecular weight is 277 g/mol. The van der Waals surface area contributed by atoms with E-state index >= 15 is 0 Å². The number of rotatable bonds is 4. The predicted molar refractivity (Wildman–Crippen MR) is 61.8 cm³/mol. The van der Waals surface area contributed by atoms with Gasteiger partial charge in [0.1, 0.15) is 0 Å². The summed E-state index contributed by atoms with van der Waals surface area (Å²) >= 11 is 3.30. The third kappa shape index (κ3) is 3.81. The fourth-order valence-electron chi connectivity index (χ4n) is 1.55. The van der Waals surface area contributed by atoms with Crippen molar-refractivity contribution in [1.82, 2.24) is 10.2 Å². The predicted octanol–water partition coefficient (Wildman–Crippen LogP) is 0.897. The van der Waals surface area contributed by atoms with Crippen LogP contribution in [0.4, 0.5) is 0 Å². The van der Waals surface area contributed by atoms with Crippen LogP contribution in [0.1, 0.15) is 26.7 Å². The third-order valence-corrected chi connectivity index (χ3v) is 3.14. The number of alkyl halides is 1. The van der Waals surface area contributed by atoms with E-state index in [1.807, 2.05) is 13.8 Å². The summed E-state index contributed by atoms with van der Waals surface area (Å²) in [4.78, 5) is 24.5. The Bertz CT molecular complexity index is 256. The number of halogens is 1. The standard InChI is InChI=1S/C10H17BrN2O2/c1-7(2)12-9(14)4-6-13-5-3-8(11)10(13)15/h7-8H,3-6H2,1-2H3,(H,12,14). The van der Waals surface area contributed by atoms with Gasteiger partial charge in [-0.25, -0.2) is 0 Å². The van der Waals surface area contributed by atoms with Crippen LogP contribution in [0.25, 0.3) is 0 Å². The van der Waals surface area contributed by atoms with Gasteiger partial charge in [-0.15, -0.1) is 0 Å². The van der Waals surface area contributed by atoms with E-state index in [4.69, 9.17) is 0 Å². The minimum Gasteiger partial charge on any atom is -0.354 e. The molecule has 5 heteroatoms. The van der Waals surface area contributed by atoms with Gasteiger partial charge in [-0.2, -0.15) is 0 Å². The van der Waals surface area contributed by atoms with Gasteiger partial charge in [0.05, 0.1) is 4.83 Å². The molecule has 15 heavy (non-hydrogen) atoms. The minimum absolute atomic E-state index is 0.0100. The fraction of sp³-hybridized carbons (Fsp3) is 0.800. The first kappa shape index (κ1) is 12.5. The molecular weight excluding hydrogens is 260 g/mol. The Hall–Kier alpha value is -0.580. The highest BCUT2D eigenvalue weighted by Gasteiger charge is 2.29. The highest BCUT2D eigenvalue weighted by atomic mass is 79.9. The molecule has 1 atom stereocenters. The quantitative estimate of drug-likeness (QED) is 0.776. The van der Waals surface area contributed by atoms with E-state index in [1.54, 1.807) is 4.90 Å². The average Bonchev–Trinajstić information content (AvgIpc) is 2.44. The summed E-state index contributed by atoms with van der Waals surface area (Å²) in [7, 11) is 0. The third-order valence-electron chi connectivity index (χ3n) is 2.29. The Morgan fingerprint density at radius 1 is 1.67 bits per heavy atom. The van der Waals surface area contributed by atoms with Gasteiger partial charge >= 0.3 is 0 Å². The molecule has 0 bridgehead atoms. The molecule has 0 aromatic heterocycles. The first-order valence-electron chi connectivity index (χ1n) is 5.23. The van der Waals surface area contributed by atoms with Gasteiger partial charge in [-0.1, -0.05) is 15.9 Å². The van der Waals surface area contributed by atoms with Gasteiger partial charge in [0, 0.05) is 25.6 Å². The Kier molecular flexibility index (Phi) is 4.57. The molecule has 1 N–H and O–H groups in total. The molecule has 2 amide bonds. The van der Waals surface area contributed by atoms with Crippen LogP contribution in [-0.4, -0.2) is 40.7 Å². The van der Waals surface area contributed by atoms with Crippen molar-refractivity contribution in [2.45, 2.75) is 37.6 Å². The number of hydrogen-bond donors (Lipinski definition) is 1. The van der Waals surface area contributed by atoms with Crippen LogP contribution in [0.5, 0.6) is 0 Å². The number of amides is 2. The highest BCUT2D eigenvalue weighted by Crippen LogP contribution is 2.18. The van der Waals surface area contributed by atoms with Crippen molar-refractivity contribution in [3.8, 4) is 0 Å². The molecule has 1 saturated heterocycles. The second kappa shape index (κ2) is 5.49.